The summed E-state index contributed by atoms with van der Waals surface area (Å²) in [6.45, 7) is 3.15. The van der Waals surface area contributed by atoms with Crippen molar-refractivity contribution in [2.45, 2.75) is 43.8 Å². The number of rotatable bonds is 12. The maximum atomic E-state index is 15.0. The smallest absolute Gasteiger partial charge is 0.299 e. The number of halogens is 2. The Balaban J connectivity index is 1.15. The van der Waals surface area contributed by atoms with E-state index in [4.69, 9.17) is 15.9 Å². The Bertz CT molecular complexity index is 1740. The van der Waals surface area contributed by atoms with Gasteiger partial charge in [-0.3, -0.25) is 19.8 Å². The van der Waals surface area contributed by atoms with Gasteiger partial charge in [-0.15, -0.1) is 11.3 Å². The van der Waals surface area contributed by atoms with Gasteiger partial charge in [0.25, 0.3) is 11.8 Å². The first-order valence-electron chi connectivity index (χ1n) is 15.5. The molecule has 13 heteroatoms. The second-order valence-electron chi connectivity index (χ2n) is 12.9. The second kappa shape index (κ2) is 12.4. The minimum Gasteiger partial charge on any atom is -0.384 e. The molecule has 1 saturated heterocycles. The van der Waals surface area contributed by atoms with E-state index in [1.165, 1.54) is 35.6 Å². The first-order valence-corrected chi connectivity index (χ1v) is 16.4. The number of nitrogen functional groups attached to an aromatic ring is 1. The molecule has 2 fully saturated rings. The van der Waals surface area contributed by atoms with Gasteiger partial charge in [0.05, 0.1) is 25.8 Å². The molecule has 0 radical (unpaired) electrons. The SMILES string of the molecule is CC(NC(=O)[C@@H]1C[C@]2(COCCN(C)C)C[C@@H]2N1C(=O)CNC(=O)c1ccc2c(c1)-c1ccccc1C2(F)F)c1cc(C(=N)N)cs1. The van der Waals surface area contributed by atoms with Gasteiger partial charge < -0.3 is 30.9 Å². The first kappa shape index (κ1) is 32.7. The number of likely N-dealkylation sites (tertiary alicyclic amines) is 1. The number of amidine groups is 1. The number of hydrogen-bond acceptors (Lipinski definition) is 7. The monoisotopic (exact) mass is 664 g/mol. The lowest BCUT2D eigenvalue weighted by Crippen LogP contribution is -2.51. The highest BCUT2D eigenvalue weighted by atomic mass is 32.1. The lowest BCUT2D eigenvalue weighted by Gasteiger charge is -2.28. The van der Waals surface area contributed by atoms with E-state index in [0.717, 1.165) is 11.4 Å². The zero-order valence-corrected chi connectivity index (χ0v) is 27.3. The number of alkyl halides is 2. The lowest BCUT2D eigenvalue weighted by atomic mass is 10.00. The number of likely N-dealkylation sites (N-methyl/N-ethyl adjacent to an activating group) is 1. The van der Waals surface area contributed by atoms with Gasteiger partial charge in [-0.05, 0) is 63.2 Å². The summed E-state index contributed by atoms with van der Waals surface area (Å²) in [7, 11) is 3.91. The van der Waals surface area contributed by atoms with E-state index < -0.39 is 23.8 Å². The van der Waals surface area contributed by atoms with Crippen LogP contribution in [0.2, 0.25) is 0 Å². The van der Waals surface area contributed by atoms with Crippen molar-refractivity contribution >= 4 is 34.9 Å². The van der Waals surface area contributed by atoms with E-state index in [0.29, 0.717) is 37.2 Å². The van der Waals surface area contributed by atoms with Crippen LogP contribution in [0.15, 0.2) is 53.9 Å². The highest BCUT2D eigenvalue weighted by molar-refractivity contribution is 7.10. The molecular formula is C34H38F2N6O4S. The molecule has 47 heavy (non-hydrogen) atoms. The Labute approximate surface area is 275 Å². The van der Waals surface area contributed by atoms with Crippen LogP contribution in [0.5, 0.6) is 0 Å². The number of carbonyl (C=O) groups is 3. The number of hydrogen-bond donors (Lipinski definition) is 4. The molecule has 6 rings (SSSR count). The molecular weight excluding hydrogens is 626 g/mol. The highest BCUT2D eigenvalue weighted by Gasteiger charge is 2.67. The molecule has 4 atom stereocenters. The molecule has 248 valence electrons. The quantitative estimate of drug-likeness (QED) is 0.132. The number of nitrogens with zero attached hydrogens (tertiary/aromatic N) is 2. The molecule has 3 aliphatic rings. The van der Waals surface area contributed by atoms with Crippen LogP contribution in [0, 0.1) is 10.8 Å². The molecule has 0 spiro atoms. The normalized spacial score (nSPS) is 22.3. The van der Waals surface area contributed by atoms with Crippen molar-refractivity contribution in [3.05, 3.63) is 81.0 Å². The molecule has 1 aromatic heterocycles. The van der Waals surface area contributed by atoms with Gasteiger partial charge in [0.15, 0.2) is 0 Å². The zero-order valence-electron chi connectivity index (χ0n) is 26.4. The minimum atomic E-state index is -3.16. The average Bonchev–Trinajstić information content (AvgIpc) is 3.33. The largest absolute Gasteiger partial charge is 0.384 e. The second-order valence-corrected chi connectivity index (χ2v) is 13.8. The Morgan fingerprint density at radius 3 is 2.57 bits per heavy atom. The number of thiophene rings is 1. The third-order valence-corrected chi connectivity index (χ3v) is 10.5. The van der Waals surface area contributed by atoms with Crippen molar-refractivity contribution in [2.75, 3.05) is 40.4 Å². The predicted molar refractivity (Wildman–Crippen MR) is 175 cm³/mol. The fraction of sp³-hybridized carbons (Fsp3) is 0.412. The Hall–Kier alpha value is -4.20. The maximum absolute atomic E-state index is 15.0. The van der Waals surface area contributed by atoms with Crippen molar-refractivity contribution in [3.63, 3.8) is 0 Å². The lowest BCUT2D eigenvalue weighted by molar-refractivity contribution is -0.139. The molecule has 3 aromatic rings. The molecule has 10 nitrogen and oxygen atoms in total. The summed E-state index contributed by atoms with van der Waals surface area (Å²) >= 11 is 1.39. The fourth-order valence-corrected chi connectivity index (χ4v) is 7.63. The van der Waals surface area contributed by atoms with Crippen LogP contribution >= 0.6 is 11.3 Å². The molecule has 0 bridgehead atoms. The number of nitrogens with two attached hydrogens (primary N) is 1. The van der Waals surface area contributed by atoms with E-state index >= 15 is 0 Å². The average molecular weight is 665 g/mol. The van der Waals surface area contributed by atoms with Crippen LogP contribution in [-0.2, 0) is 20.2 Å². The molecule has 2 heterocycles. The third kappa shape index (κ3) is 6.15. The van der Waals surface area contributed by atoms with Crippen molar-refractivity contribution in [1.29, 1.82) is 5.41 Å². The number of piperidine rings is 1. The highest BCUT2D eigenvalue weighted by Crippen LogP contribution is 2.59. The van der Waals surface area contributed by atoms with Gasteiger partial charge in [0.2, 0.25) is 11.8 Å². The van der Waals surface area contributed by atoms with E-state index in [1.807, 2.05) is 25.9 Å². The number of ether oxygens (including phenoxy) is 1. The third-order valence-electron chi connectivity index (χ3n) is 9.37. The summed E-state index contributed by atoms with van der Waals surface area (Å²) in [5, 5.41) is 15.1. The van der Waals surface area contributed by atoms with Gasteiger partial charge in [0.1, 0.15) is 11.9 Å². The topological polar surface area (TPSA) is 141 Å². The molecule has 1 saturated carbocycles. The van der Waals surface area contributed by atoms with Gasteiger partial charge >= 0.3 is 0 Å². The van der Waals surface area contributed by atoms with Crippen molar-refractivity contribution in [3.8, 4) is 11.1 Å². The molecule has 2 aliphatic carbocycles. The fourth-order valence-electron chi connectivity index (χ4n) is 6.71. The molecule has 3 amide bonds. The van der Waals surface area contributed by atoms with Crippen LogP contribution in [0.25, 0.3) is 11.1 Å². The summed E-state index contributed by atoms with van der Waals surface area (Å²) in [6.07, 6.45) is 1.12. The Morgan fingerprint density at radius 2 is 1.85 bits per heavy atom. The number of fused-ring (bicyclic) bond motifs is 4. The van der Waals surface area contributed by atoms with E-state index in [9.17, 15) is 23.2 Å². The predicted octanol–water partition coefficient (Wildman–Crippen LogP) is 3.70. The van der Waals surface area contributed by atoms with E-state index in [1.54, 1.807) is 34.5 Å². The van der Waals surface area contributed by atoms with Gasteiger partial charge in [-0.2, -0.15) is 8.78 Å². The zero-order chi connectivity index (χ0) is 33.7. The molecule has 1 unspecified atom stereocenters. The maximum Gasteiger partial charge on any atom is 0.299 e. The van der Waals surface area contributed by atoms with Crippen molar-refractivity contribution in [2.24, 2.45) is 11.1 Å². The van der Waals surface area contributed by atoms with Gasteiger partial charge in [0, 0.05) is 50.5 Å². The molecule has 1 aliphatic heterocycles. The summed E-state index contributed by atoms with van der Waals surface area (Å²) in [5.74, 6) is -4.51. The Morgan fingerprint density at radius 1 is 1.11 bits per heavy atom. The number of amides is 3. The van der Waals surface area contributed by atoms with Gasteiger partial charge in [-0.1, -0.05) is 30.3 Å². The van der Waals surface area contributed by atoms with Gasteiger partial charge in [-0.25, -0.2) is 0 Å². The van der Waals surface area contributed by atoms with Crippen LogP contribution in [0.1, 0.15) is 57.7 Å². The Kier molecular flexibility index (Phi) is 8.66. The van der Waals surface area contributed by atoms with Crippen LogP contribution in [-0.4, -0.2) is 85.8 Å². The number of carbonyl (C=O) groups excluding carboxylic acids is 3. The number of nitrogens with one attached hydrogen (secondary N) is 3. The summed E-state index contributed by atoms with van der Waals surface area (Å²) in [4.78, 5) is 45.0. The molecule has 2 aromatic carbocycles. The molecule has 5 N–H and O–H groups in total. The van der Waals surface area contributed by atoms with Crippen molar-refractivity contribution < 1.29 is 27.9 Å². The van der Waals surface area contributed by atoms with Crippen molar-refractivity contribution in [1.82, 2.24) is 20.4 Å². The minimum absolute atomic E-state index is 0.0559. The first-order chi connectivity index (χ1) is 22.3. The van der Waals surface area contributed by atoms with Crippen LogP contribution < -0.4 is 16.4 Å². The van der Waals surface area contributed by atoms with Crippen LogP contribution in [0.4, 0.5) is 8.78 Å². The van der Waals surface area contributed by atoms with E-state index in [2.05, 4.69) is 10.6 Å². The number of benzene rings is 2. The summed E-state index contributed by atoms with van der Waals surface area (Å²) < 4.78 is 36.0. The van der Waals surface area contributed by atoms with Crippen LogP contribution in [0.3, 0.4) is 0 Å². The summed E-state index contributed by atoms with van der Waals surface area (Å²) in [5.41, 5.74) is 6.39. The summed E-state index contributed by atoms with van der Waals surface area (Å²) in [6, 6.07) is 10.7. The standard InChI is InChI=1S/C34H38F2N6O4S/c1-19(27-13-21(17-47-27)30(37)38)40-32(45)26-14-33(18-46-11-10-41(2)3)15-28(33)42(26)29(43)16-39-31(44)20-8-9-25-23(12-20)22-6-4-5-7-24(22)34(25,35)36/h4-9,12-13,17,19,26,28H,10-11,14-16,18H2,1-3H3,(H3,37,38)(H,39,44)(H,40,45)/t19?,26-,28-,33+/m0/s1. The van der Waals surface area contributed by atoms with E-state index in [-0.39, 0.29) is 58.0 Å².